The molecule has 162 valence electrons. The Morgan fingerprint density at radius 2 is 1.89 bits per heavy atom. The number of guanidine groups is 1. The predicted molar refractivity (Wildman–Crippen MR) is 128 cm³/mol. The molecular weight excluding hydrogens is 489 g/mol. The smallest absolute Gasteiger partial charge is 0.408 e. The standard InChI is InChI=1S/C19H35N5O2S.HI/c1-13(2)9-15-21-10-14(27-15)11-22-16(20-8)23-12-19(6,7)24-17(25)26-18(3,4)5;/h10,13H,9,11-12H2,1-8H3,(H,24,25)(H2,20,22,23);1H. The van der Waals surface area contributed by atoms with Gasteiger partial charge in [0.1, 0.15) is 5.60 Å². The minimum absolute atomic E-state index is 0. The third kappa shape index (κ3) is 11.7. The summed E-state index contributed by atoms with van der Waals surface area (Å²) in [5, 5.41) is 10.6. The predicted octanol–water partition coefficient (Wildman–Crippen LogP) is 3.93. The highest BCUT2D eigenvalue weighted by Crippen LogP contribution is 2.16. The molecule has 1 aromatic rings. The number of hydrogen-bond acceptors (Lipinski definition) is 5. The van der Waals surface area contributed by atoms with Crippen molar-refractivity contribution in [3.63, 3.8) is 0 Å². The molecule has 0 aliphatic heterocycles. The van der Waals surface area contributed by atoms with E-state index in [0.717, 1.165) is 11.4 Å². The van der Waals surface area contributed by atoms with Gasteiger partial charge in [0.05, 0.1) is 17.1 Å². The third-order valence-electron chi connectivity index (χ3n) is 3.38. The van der Waals surface area contributed by atoms with E-state index in [-0.39, 0.29) is 24.0 Å². The molecule has 0 aliphatic carbocycles. The Morgan fingerprint density at radius 1 is 1.25 bits per heavy atom. The monoisotopic (exact) mass is 525 g/mol. The van der Waals surface area contributed by atoms with E-state index >= 15 is 0 Å². The van der Waals surface area contributed by atoms with Gasteiger partial charge in [-0.3, -0.25) is 4.99 Å². The molecule has 0 saturated carbocycles. The fourth-order valence-electron chi connectivity index (χ4n) is 2.19. The SMILES string of the molecule is CN=C(NCc1cnc(CC(C)C)s1)NCC(C)(C)NC(=O)OC(C)(C)C.I. The topological polar surface area (TPSA) is 87.6 Å². The number of amides is 1. The van der Waals surface area contributed by atoms with Crippen LogP contribution in [0.2, 0.25) is 0 Å². The quantitative estimate of drug-likeness (QED) is 0.285. The molecule has 1 rings (SSSR count). The van der Waals surface area contributed by atoms with Gasteiger partial charge in [0.15, 0.2) is 5.96 Å². The number of halogens is 1. The van der Waals surface area contributed by atoms with Crippen molar-refractivity contribution in [2.45, 2.75) is 72.6 Å². The van der Waals surface area contributed by atoms with Gasteiger partial charge in [-0.2, -0.15) is 0 Å². The molecule has 0 spiro atoms. The molecule has 1 aromatic heterocycles. The number of hydrogen-bond donors (Lipinski definition) is 3. The van der Waals surface area contributed by atoms with Crippen molar-refractivity contribution in [1.29, 1.82) is 0 Å². The molecule has 0 aliphatic rings. The Kier molecular flexibility index (Phi) is 11.3. The Morgan fingerprint density at radius 3 is 2.43 bits per heavy atom. The van der Waals surface area contributed by atoms with E-state index in [1.807, 2.05) is 40.8 Å². The summed E-state index contributed by atoms with van der Waals surface area (Å²) in [5.41, 5.74) is -1.01. The van der Waals surface area contributed by atoms with E-state index in [1.54, 1.807) is 18.4 Å². The zero-order valence-electron chi connectivity index (χ0n) is 18.3. The number of alkyl carbamates (subject to hydrolysis) is 1. The van der Waals surface area contributed by atoms with Crippen LogP contribution in [0.3, 0.4) is 0 Å². The Balaban J connectivity index is 0.00000729. The summed E-state index contributed by atoms with van der Waals surface area (Å²) in [6.45, 7) is 14.9. The van der Waals surface area contributed by atoms with Gasteiger partial charge >= 0.3 is 6.09 Å². The minimum Gasteiger partial charge on any atom is -0.444 e. The van der Waals surface area contributed by atoms with Gasteiger partial charge in [-0.1, -0.05) is 13.8 Å². The zero-order valence-corrected chi connectivity index (χ0v) is 21.5. The lowest BCUT2D eigenvalue weighted by atomic mass is 10.1. The highest BCUT2D eigenvalue weighted by molar-refractivity contribution is 14.0. The highest BCUT2D eigenvalue weighted by Gasteiger charge is 2.24. The summed E-state index contributed by atoms with van der Waals surface area (Å²) in [6, 6.07) is 0. The van der Waals surface area contributed by atoms with Gasteiger partial charge in [-0.05, 0) is 40.5 Å². The van der Waals surface area contributed by atoms with E-state index in [1.165, 1.54) is 4.88 Å². The lowest BCUT2D eigenvalue weighted by Crippen LogP contribution is -2.54. The van der Waals surface area contributed by atoms with Crippen LogP contribution in [0.4, 0.5) is 4.79 Å². The Bertz CT molecular complexity index is 639. The minimum atomic E-state index is -0.519. The Labute approximate surface area is 190 Å². The summed E-state index contributed by atoms with van der Waals surface area (Å²) in [7, 11) is 1.72. The molecule has 0 saturated heterocycles. The maximum atomic E-state index is 12.0. The van der Waals surface area contributed by atoms with Gasteiger partial charge in [0, 0.05) is 31.1 Å². The first-order valence-corrected chi connectivity index (χ1v) is 10.1. The number of ether oxygens (including phenoxy) is 1. The molecule has 0 atom stereocenters. The van der Waals surface area contributed by atoms with E-state index in [9.17, 15) is 4.79 Å². The second kappa shape index (κ2) is 11.8. The van der Waals surface area contributed by atoms with Crippen LogP contribution in [-0.2, 0) is 17.7 Å². The molecular formula is C19H36IN5O2S. The van der Waals surface area contributed by atoms with Crippen LogP contribution in [0.5, 0.6) is 0 Å². The molecule has 0 unspecified atom stereocenters. The number of aromatic nitrogens is 1. The fraction of sp³-hybridized carbons (Fsp3) is 0.737. The second-order valence-electron chi connectivity index (χ2n) is 8.61. The van der Waals surface area contributed by atoms with Crippen molar-refractivity contribution in [3.8, 4) is 0 Å². The maximum Gasteiger partial charge on any atom is 0.408 e. The average molecular weight is 526 g/mol. The highest BCUT2D eigenvalue weighted by atomic mass is 127. The van der Waals surface area contributed by atoms with Crippen LogP contribution < -0.4 is 16.0 Å². The van der Waals surface area contributed by atoms with Crippen LogP contribution in [0.25, 0.3) is 0 Å². The van der Waals surface area contributed by atoms with Gasteiger partial charge in [0.2, 0.25) is 0 Å². The molecule has 1 heterocycles. The van der Waals surface area contributed by atoms with Crippen molar-refractivity contribution in [2.24, 2.45) is 10.9 Å². The maximum absolute atomic E-state index is 12.0. The molecule has 28 heavy (non-hydrogen) atoms. The molecule has 9 heteroatoms. The van der Waals surface area contributed by atoms with E-state index in [4.69, 9.17) is 4.74 Å². The number of carbonyl (C=O) groups excluding carboxylic acids is 1. The summed E-state index contributed by atoms with van der Waals surface area (Å²) in [6.07, 6.45) is 2.48. The molecule has 0 radical (unpaired) electrons. The van der Waals surface area contributed by atoms with Crippen molar-refractivity contribution in [2.75, 3.05) is 13.6 Å². The van der Waals surface area contributed by atoms with E-state index in [0.29, 0.717) is 25.0 Å². The number of aliphatic imine (C=N–C) groups is 1. The molecule has 0 fully saturated rings. The molecule has 7 nitrogen and oxygen atoms in total. The van der Waals surface area contributed by atoms with Crippen LogP contribution >= 0.6 is 35.3 Å². The molecule has 0 aromatic carbocycles. The summed E-state index contributed by atoms with van der Waals surface area (Å²) in [5.74, 6) is 1.28. The summed E-state index contributed by atoms with van der Waals surface area (Å²) >= 11 is 1.72. The van der Waals surface area contributed by atoms with Crippen molar-refractivity contribution < 1.29 is 9.53 Å². The fourth-order valence-corrected chi connectivity index (χ4v) is 3.27. The summed E-state index contributed by atoms with van der Waals surface area (Å²) in [4.78, 5) is 21.8. The number of nitrogens with one attached hydrogen (secondary N) is 3. The number of nitrogens with zero attached hydrogens (tertiary/aromatic N) is 2. The Hall–Kier alpha value is -1.10. The number of thiazole rings is 1. The van der Waals surface area contributed by atoms with Crippen LogP contribution in [-0.4, -0.2) is 41.8 Å². The lowest BCUT2D eigenvalue weighted by Gasteiger charge is -2.29. The van der Waals surface area contributed by atoms with Gasteiger partial charge in [-0.25, -0.2) is 9.78 Å². The van der Waals surface area contributed by atoms with Crippen LogP contribution in [0, 0.1) is 5.92 Å². The summed E-state index contributed by atoms with van der Waals surface area (Å²) < 4.78 is 5.31. The zero-order chi connectivity index (χ0) is 20.7. The average Bonchev–Trinajstić information content (AvgIpc) is 2.91. The largest absolute Gasteiger partial charge is 0.444 e. The van der Waals surface area contributed by atoms with Crippen LogP contribution in [0.15, 0.2) is 11.2 Å². The van der Waals surface area contributed by atoms with Crippen molar-refractivity contribution in [3.05, 3.63) is 16.1 Å². The van der Waals surface area contributed by atoms with Gasteiger partial charge < -0.3 is 20.7 Å². The second-order valence-corrected chi connectivity index (χ2v) is 9.81. The number of carbonyl (C=O) groups is 1. The lowest BCUT2D eigenvalue weighted by molar-refractivity contribution is 0.0474. The van der Waals surface area contributed by atoms with E-state index in [2.05, 4.69) is 39.8 Å². The molecule has 0 bridgehead atoms. The first-order valence-electron chi connectivity index (χ1n) is 9.29. The first-order chi connectivity index (χ1) is 12.4. The van der Waals surface area contributed by atoms with Crippen molar-refractivity contribution in [1.82, 2.24) is 20.9 Å². The molecule has 1 amide bonds. The number of rotatable bonds is 7. The van der Waals surface area contributed by atoms with Gasteiger partial charge in [0.25, 0.3) is 0 Å². The van der Waals surface area contributed by atoms with Gasteiger partial charge in [-0.15, -0.1) is 35.3 Å². The third-order valence-corrected chi connectivity index (χ3v) is 4.39. The van der Waals surface area contributed by atoms with E-state index < -0.39 is 17.2 Å². The van der Waals surface area contributed by atoms with Crippen molar-refractivity contribution >= 4 is 47.4 Å². The first kappa shape index (κ1) is 26.9. The van der Waals surface area contributed by atoms with Crippen LogP contribution in [0.1, 0.15) is 58.4 Å². The molecule has 3 N–H and O–H groups in total. The normalized spacial score (nSPS) is 12.4.